The van der Waals surface area contributed by atoms with E-state index in [-0.39, 0.29) is 23.7 Å². The Morgan fingerprint density at radius 3 is 2.56 bits per heavy atom. The van der Waals surface area contributed by atoms with Crippen molar-refractivity contribution < 1.29 is 14.0 Å². The van der Waals surface area contributed by atoms with E-state index in [2.05, 4.69) is 10.6 Å². The molecule has 0 bridgehead atoms. The van der Waals surface area contributed by atoms with Crippen LogP contribution in [0.5, 0.6) is 0 Å². The number of rotatable bonds is 5. The van der Waals surface area contributed by atoms with Crippen LogP contribution >= 0.6 is 11.3 Å². The van der Waals surface area contributed by atoms with Crippen LogP contribution in [0.4, 0.5) is 10.1 Å². The Morgan fingerprint density at radius 2 is 1.81 bits per heavy atom. The molecule has 0 aliphatic heterocycles. The zero-order valence-corrected chi connectivity index (χ0v) is 15.8. The molecule has 0 unspecified atom stereocenters. The van der Waals surface area contributed by atoms with Crippen LogP contribution in [0.3, 0.4) is 0 Å². The van der Waals surface area contributed by atoms with Crippen LogP contribution < -0.4 is 10.6 Å². The summed E-state index contributed by atoms with van der Waals surface area (Å²) in [5, 5.41) is 5.66. The summed E-state index contributed by atoms with van der Waals surface area (Å²) in [6, 6.07) is 17.0. The number of halogens is 1. The number of benzene rings is 2. The number of amides is 2. The van der Waals surface area contributed by atoms with E-state index in [1.54, 1.807) is 36.4 Å². The molecule has 27 heavy (non-hydrogen) atoms. The summed E-state index contributed by atoms with van der Waals surface area (Å²) < 4.78 is 13.9. The highest BCUT2D eigenvalue weighted by molar-refractivity contribution is 7.17. The molecule has 0 saturated heterocycles. The molecule has 6 heteroatoms. The topological polar surface area (TPSA) is 58.2 Å². The second-order valence-corrected chi connectivity index (χ2v) is 7.23. The zero-order chi connectivity index (χ0) is 19.4. The third kappa shape index (κ3) is 4.60. The van der Waals surface area contributed by atoms with E-state index in [9.17, 15) is 14.0 Å². The molecular weight excluding hydrogens is 363 g/mol. The van der Waals surface area contributed by atoms with Gasteiger partial charge in [0.25, 0.3) is 5.91 Å². The highest BCUT2D eigenvalue weighted by Gasteiger charge is 2.15. The Kier molecular flexibility index (Phi) is 5.66. The quantitative estimate of drug-likeness (QED) is 0.652. The van der Waals surface area contributed by atoms with E-state index in [4.69, 9.17) is 0 Å². The smallest absolute Gasteiger partial charge is 0.261 e. The van der Waals surface area contributed by atoms with E-state index in [1.807, 2.05) is 25.1 Å². The van der Waals surface area contributed by atoms with Crippen molar-refractivity contribution in [2.75, 3.05) is 5.32 Å². The first kappa shape index (κ1) is 18.8. The maximum atomic E-state index is 13.9. The number of hydrogen-bond donors (Lipinski definition) is 2. The van der Waals surface area contributed by atoms with Crippen molar-refractivity contribution in [2.24, 2.45) is 0 Å². The molecular formula is C21H19FN2O2S. The third-order valence-corrected chi connectivity index (χ3v) is 5.14. The fraction of sp³-hybridized carbons (Fsp3) is 0.143. The Bertz CT molecular complexity index is 984. The van der Waals surface area contributed by atoms with Crippen LogP contribution in [0.15, 0.2) is 60.7 Å². The maximum Gasteiger partial charge on any atom is 0.261 e. The molecule has 1 heterocycles. The fourth-order valence-electron chi connectivity index (χ4n) is 2.71. The fourth-order valence-corrected chi connectivity index (χ4v) is 3.64. The van der Waals surface area contributed by atoms with Crippen molar-refractivity contribution in [3.63, 3.8) is 0 Å². The van der Waals surface area contributed by atoms with Crippen LogP contribution in [0.2, 0.25) is 0 Å². The van der Waals surface area contributed by atoms with Gasteiger partial charge in [0.2, 0.25) is 5.91 Å². The Balaban J connectivity index is 1.72. The van der Waals surface area contributed by atoms with Gasteiger partial charge in [0.1, 0.15) is 5.82 Å². The molecule has 0 spiro atoms. The lowest BCUT2D eigenvalue weighted by Gasteiger charge is -2.15. The summed E-state index contributed by atoms with van der Waals surface area (Å²) >= 11 is 1.25. The van der Waals surface area contributed by atoms with Crippen LogP contribution in [-0.4, -0.2) is 11.8 Å². The summed E-state index contributed by atoms with van der Waals surface area (Å²) in [6.45, 7) is 3.32. The third-order valence-electron chi connectivity index (χ3n) is 4.02. The molecule has 2 N–H and O–H groups in total. The van der Waals surface area contributed by atoms with Gasteiger partial charge in [-0.3, -0.25) is 9.59 Å². The normalized spacial score (nSPS) is 11.7. The minimum Gasteiger partial charge on any atom is -0.345 e. The first-order chi connectivity index (χ1) is 12.9. The predicted molar refractivity (Wildman–Crippen MR) is 106 cm³/mol. The second-order valence-electron chi connectivity index (χ2n) is 6.15. The lowest BCUT2D eigenvalue weighted by molar-refractivity contribution is -0.114. The van der Waals surface area contributed by atoms with Gasteiger partial charge in [0, 0.05) is 23.1 Å². The van der Waals surface area contributed by atoms with E-state index in [0.717, 1.165) is 5.56 Å². The van der Waals surface area contributed by atoms with Crippen LogP contribution in [-0.2, 0) is 4.79 Å². The van der Waals surface area contributed by atoms with Gasteiger partial charge in [-0.2, -0.15) is 0 Å². The predicted octanol–water partition coefficient (Wildman–Crippen LogP) is 5.00. The monoisotopic (exact) mass is 382 g/mol. The van der Waals surface area contributed by atoms with Crippen LogP contribution in [0, 0.1) is 5.82 Å². The molecule has 138 valence electrons. The van der Waals surface area contributed by atoms with Gasteiger partial charge >= 0.3 is 0 Å². The summed E-state index contributed by atoms with van der Waals surface area (Å²) in [6.07, 6.45) is 0. The highest BCUT2D eigenvalue weighted by Crippen LogP contribution is 2.30. The van der Waals surface area contributed by atoms with Gasteiger partial charge in [-0.25, -0.2) is 4.39 Å². The molecule has 0 radical (unpaired) electrons. The van der Waals surface area contributed by atoms with Crippen molar-refractivity contribution in [1.82, 2.24) is 5.32 Å². The zero-order valence-electron chi connectivity index (χ0n) is 15.0. The number of hydrogen-bond acceptors (Lipinski definition) is 3. The Labute approximate surface area is 161 Å². The van der Waals surface area contributed by atoms with Gasteiger partial charge in [-0.15, -0.1) is 11.3 Å². The van der Waals surface area contributed by atoms with E-state index in [0.29, 0.717) is 21.0 Å². The number of carbonyl (C=O) groups excluding carboxylic acids is 2. The van der Waals surface area contributed by atoms with Gasteiger partial charge in [0.15, 0.2) is 0 Å². The molecule has 4 nitrogen and oxygen atoms in total. The van der Waals surface area contributed by atoms with Crippen molar-refractivity contribution in [2.45, 2.75) is 19.9 Å². The van der Waals surface area contributed by atoms with Crippen molar-refractivity contribution >= 4 is 28.8 Å². The van der Waals surface area contributed by atoms with Crippen LogP contribution in [0.1, 0.15) is 35.1 Å². The highest BCUT2D eigenvalue weighted by atomic mass is 32.1. The number of anilines is 1. The lowest BCUT2D eigenvalue weighted by Crippen LogP contribution is -2.25. The first-order valence-electron chi connectivity index (χ1n) is 8.47. The second kappa shape index (κ2) is 8.14. The summed E-state index contributed by atoms with van der Waals surface area (Å²) in [5.74, 6) is -0.683. The number of thiophene rings is 1. The van der Waals surface area contributed by atoms with Crippen molar-refractivity contribution in [3.8, 4) is 10.4 Å². The minimum absolute atomic E-state index is 0.150. The molecule has 2 amide bonds. The molecule has 1 aromatic heterocycles. The Hall–Kier alpha value is -2.99. The van der Waals surface area contributed by atoms with Gasteiger partial charge < -0.3 is 10.6 Å². The SMILES string of the molecule is CC(=O)Nc1cccc([C@H](C)NC(=O)c2ccc(-c3ccccc3F)s2)c1. The molecule has 3 aromatic rings. The summed E-state index contributed by atoms with van der Waals surface area (Å²) in [7, 11) is 0. The Morgan fingerprint density at radius 1 is 1.04 bits per heavy atom. The van der Waals surface area contributed by atoms with E-state index >= 15 is 0 Å². The average Bonchev–Trinajstić information content (AvgIpc) is 3.12. The molecule has 0 fully saturated rings. The maximum absolute atomic E-state index is 13.9. The van der Waals surface area contributed by atoms with Crippen LogP contribution in [0.25, 0.3) is 10.4 Å². The largest absolute Gasteiger partial charge is 0.345 e. The van der Waals surface area contributed by atoms with E-state index in [1.165, 1.54) is 24.3 Å². The van der Waals surface area contributed by atoms with Crippen molar-refractivity contribution in [1.29, 1.82) is 0 Å². The van der Waals surface area contributed by atoms with Crippen molar-refractivity contribution in [3.05, 3.63) is 76.9 Å². The first-order valence-corrected chi connectivity index (χ1v) is 9.29. The number of carbonyl (C=O) groups is 2. The standard InChI is InChI=1S/C21H19FN2O2S/c1-13(15-6-5-7-16(12-15)24-14(2)25)23-21(26)20-11-10-19(27-20)17-8-3-4-9-18(17)22/h3-13H,1-2H3,(H,23,26)(H,24,25)/t13-/m0/s1. The molecule has 0 saturated carbocycles. The van der Waals surface area contributed by atoms with Gasteiger partial charge in [-0.1, -0.05) is 30.3 Å². The molecule has 0 aliphatic rings. The van der Waals surface area contributed by atoms with Gasteiger partial charge in [0.05, 0.1) is 10.9 Å². The minimum atomic E-state index is -0.311. The lowest BCUT2D eigenvalue weighted by atomic mass is 10.1. The number of nitrogens with one attached hydrogen (secondary N) is 2. The summed E-state index contributed by atoms with van der Waals surface area (Å²) in [4.78, 5) is 25.0. The van der Waals surface area contributed by atoms with Gasteiger partial charge in [-0.05, 0) is 42.8 Å². The molecule has 0 aliphatic carbocycles. The molecule has 3 rings (SSSR count). The average molecular weight is 382 g/mol. The summed E-state index contributed by atoms with van der Waals surface area (Å²) in [5.41, 5.74) is 2.04. The van der Waals surface area contributed by atoms with E-state index < -0.39 is 0 Å². The molecule has 1 atom stereocenters. The molecule has 2 aromatic carbocycles.